The number of ether oxygens (including phenoxy) is 2. The van der Waals surface area contributed by atoms with Gasteiger partial charge in [0.05, 0.1) is 18.6 Å². The minimum absolute atomic E-state index is 0.100. The van der Waals surface area contributed by atoms with Crippen molar-refractivity contribution in [3.63, 3.8) is 0 Å². The third-order valence-electron chi connectivity index (χ3n) is 6.45. The van der Waals surface area contributed by atoms with Crippen molar-refractivity contribution in [3.05, 3.63) is 69.8 Å². The molecule has 2 aromatic rings. The Morgan fingerprint density at radius 2 is 1.94 bits per heavy atom. The fraction of sp³-hybridized carbons (Fsp3) is 0.500. The van der Waals surface area contributed by atoms with E-state index in [0.717, 1.165) is 24.4 Å². The molecular weight excluding hydrogens is 434 g/mol. The summed E-state index contributed by atoms with van der Waals surface area (Å²) in [7, 11) is 3.29. The molecule has 8 nitrogen and oxygen atoms in total. The second-order valence-corrected chi connectivity index (χ2v) is 9.15. The molecule has 0 radical (unpaired) electrons. The van der Waals surface area contributed by atoms with Gasteiger partial charge in [0.25, 0.3) is 5.69 Å². The number of nitro benzene ring substituents is 1. The molecule has 1 aliphatic heterocycles. The number of hydrogen-bond acceptors (Lipinski definition) is 6. The van der Waals surface area contributed by atoms with Crippen molar-refractivity contribution in [3.8, 4) is 5.75 Å². The highest BCUT2D eigenvalue weighted by molar-refractivity contribution is 5.78. The van der Waals surface area contributed by atoms with Crippen LogP contribution in [0, 0.1) is 22.0 Å². The Morgan fingerprint density at radius 1 is 1.18 bits per heavy atom. The number of rotatable bonds is 11. The Balaban J connectivity index is 1.87. The minimum atomic E-state index is -0.323. The number of benzene rings is 2. The zero-order chi connectivity index (χ0) is 24.7. The van der Waals surface area contributed by atoms with Crippen molar-refractivity contribution in [1.82, 2.24) is 9.80 Å². The molecular formula is C26H35N3O5. The van der Waals surface area contributed by atoms with Crippen LogP contribution in [0.1, 0.15) is 30.9 Å². The Hall–Kier alpha value is -2.97. The van der Waals surface area contributed by atoms with E-state index in [4.69, 9.17) is 9.47 Å². The number of para-hydroxylation sites is 1. The van der Waals surface area contributed by atoms with E-state index in [1.165, 1.54) is 0 Å². The van der Waals surface area contributed by atoms with E-state index in [2.05, 4.69) is 17.0 Å². The fourth-order valence-electron chi connectivity index (χ4n) is 4.73. The molecule has 1 amide bonds. The molecule has 1 saturated heterocycles. The summed E-state index contributed by atoms with van der Waals surface area (Å²) in [5.74, 6) is 1.15. The third kappa shape index (κ3) is 6.33. The maximum absolute atomic E-state index is 12.9. The van der Waals surface area contributed by atoms with Gasteiger partial charge in [-0.25, -0.2) is 0 Å². The second-order valence-electron chi connectivity index (χ2n) is 9.15. The van der Waals surface area contributed by atoms with Crippen LogP contribution in [0.4, 0.5) is 5.69 Å². The van der Waals surface area contributed by atoms with E-state index < -0.39 is 0 Å². The molecule has 2 atom stereocenters. The molecule has 0 unspecified atom stereocenters. The van der Waals surface area contributed by atoms with Gasteiger partial charge >= 0.3 is 0 Å². The van der Waals surface area contributed by atoms with Crippen LogP contribution in [0.3, 0.4) is 0 Å². The van der Waals surface area contributed by atoms with E-state index in [1.54, 1.807) is 26.4 Å². The highest BCUT2D eigenvalue weighted by Gasteiger charge is 2.36. The molecule has 1 aliphatic rings. The molecule has 0 saturated carbocycles. The van der Waals surface area contributed by atoms with Crippen molar-refractivity contribution >= 4 is 11.6 Å². The molecule has 34 heavy (non-hydrogen) atoms. The van der Waals surface area contributed by atoms with Crippen LogP contribution in [0.25, 0.3) is 0 Å². The van der Waals surface area contributed by atoms with Gasteiger partial charge in [-0.2, -0.15) is 0 Å². The smallest absolute Gasteiger partial charge is 0.273 e. The first kappa shape index (κ1) is 25.6. The number of carbonyl (C=O) groups excluding carboxylic acids is 1. The maximum atomic E-state index is 12.9. The highest BCUT2D eigenvalue weighted by atomic mass is 16.6. The summed E-state index contributed by atoms with van der Waals surface area (Å²) in [5, 5.41) is 11.5. The first-order valence-corrected chi connectivity index (χ1v) is 11.7. The van der Waals surface area contributed by atoms with Crippen LogP contribution >= 0.6 is 0 Å². The summed E-state index contributed by atoms with van der Waals surface area (Å²) in [4.78, 5) is 28.3. The summed E-state index contributed by atoms with van der Waals surface area (Å²) in [6, 6.07) is 15.0. The number of carbonyl (C=O) groups is 1. The topological polar surface area (TPSA) is 85.2 Å². The zero-order valence-corrected chi connectivity index (χ0v) is 20.5. The van der Waals surface area contributed by atoms with Crippen molar-refractivity contribution in [2.75, 3.05) is 47.0 Å². The highest BCUT2D eigenvalue weighted by Crippen LogP contribution is 2.36. The lowest BCUT2D eigenvalue weighted by Crippen LogP contribution is -2.41. The quantitative estimate of drug-likeness (QED) is 0.366. The van der Waals surface area contributed by atoms with Gasteiger partial charge in [-0.15, -0.1) is 0 Å². The average Bonchev–Trinajstić information content (AvgIpc) is 3.23. The third-order valence-corrected chi connectivity index (χ3v) is 6.45. The average molecular weight is 470 g/mol. The largest absolute Gasteiger partial charge is 0.497 e. The first-order chi connectivity index (χ1) is 16.3. The Labute approximate surface area is 201 Å². The van der Waals surface area contributed by atoms with Crippen molar-refractivity contribution in [2.24, 2.45) is 11.8 Å². The van der Waals surface area contributed by atoms with Gasteiger partial charge in [0.1, 0.15) is 5.75 Å². The number of nitro groups is 1. The second kappa shape index (κ2) is 11.9. The number of hydrogen-bond donors (Lipinski definition) is 0. The molecule has 3 rings (SSSR count). The van der Waals surface area contributed by atoms with E-state index in [-0.39, 0.29) is 34.3 Å². The van der Waals surface area contributed by atoms with Crippen LogP contribution in [-0.2, 0) is 16.1 Å². The number of nitrogens with zero attached hydrogens (tertiary/aromatic N) is 3. The van der Waals surface area contributed by atoms with Crippen LogP contribution in [0.2, 0.25) is 0 Å². The Morgan fingerprint density at radius 3 is 2.62 bits per heavy atom. The van der Waals surface area contributed by atoms with E-state index in [9.17, 15) is 14.9 Å². The monoisotopic (exact) mass is 469 g/mol. The van der Waals surface area contributed by atoms with Gasteiger partial charge in [-0.05, 0) is 23.6 Å². The first-order valence-electron chi connectivity index (χ1n) is 11.7. The van der Waals surface area contributed by atoms with Crippen LogP contribution < -0.4 is 4.74 Å². The molecule has 1 heterocycles. The maximum Gasteiger partial charge on any atom is 0.273 e. The summed E-state index contributed by atoms with van der Waals surface area (Å²) in [6.07, 6.45) is 0. The molecule has 2 aromatic carbocycles. The zero-order valence-electron chi connectivity index (χ0n) is 20.5. The van der Waals surface area contributed by atoms with E-state index in [1.807, 2.05) is 43.0 Å². The molecule has 184 valence electrons. The Kier molecular flexibility index (Phi) is 9.01. The van der Waals surface area contributed by atoms with Gasteiger partial charge in [-0.3, -0.25) is 19.8 Å². The molecule has 0 N–H and O–H groups in total. The molecule has 0 bridgehead atoms. The summed E-state index contributed by atoms with van der Waals surface area (Å²) in [5.41, 5.74) is 1.99. The summed E-state index contributed by atoms with van der Waals surface area (Å²) in [6.45, 7) is 7.43. The molecule has 1 fully saturated rings. The lowest BCUT2D eigenvalue weighted by Gasteiger charge is -2.30. The number of likely N-dealkylation sites (tertiary alicyclic amines) is 1. The molecule has 0 aromatic heterocycles. The van der Waals surface area contributed by atoms with Crippen LogP contribution in [-0.4, -0.2) is 67.6 Å². The molecule has 0 spiro atoms. The summed E-state index contributed by atoms with van der Waals surface area (Å²) >= 11 is 0. The lowest BCUT2D eigenvalue weighted by molar-refractivity contribution is -0.385. The van der Waals surface area contributed by atoms with Gasteiger partial charge in [0.15, 0.2) is 0 Å². The minimum Gasteiger partial charge on any atom is -0.497 e. The van der Waals surface area contributed by atoms with Crippen molar-refractivity contribution in [2.45, 2.75) is 26.3 Å². The predicted molar refractivity (Wildman–Crippen MR) is 131 cm³/mol. The van der Waals surface area contributed by atoms with Crippen LogP contribution in [0.5, 0.6) is 5.75 Å². The van der Waals surface area contributed by atoms with Gasteiger partial charge in [0, 0.05) is 63.3 Å². The van der Waals surface area contributed by atoms with Gasteiger partial charge in [-0.1, -0.05) is 44.2 Å². The van der Waals surface area contributed by atoms with E-state index >= 15 is 0 Å². The SMILES string of the molecule is COCCN(C[C@H]1CN(Cc2ccccc2[N+](=O)[O-])C[C@H]1c1cccc(OC)c1)C(=O)C(C)C. The van der Waals surface area contributed by atoms with Crippen LogP contribution in [0.15, 0.2) is 48.5 Å². The Bertz CT molecular complexity index is 980. The van der Waals surface area contributed by atoms with Crippen molar-refractivity contribution in [1.29, 1.82) is 0 Å². The molecule has 8 heteroatoms. The number of amides is 1. The van der Waals surface area contributed by atoms with Gasteiger partial charge < -0.3 is 14.4 Å². The normalized spacial score (nSPS) is 18.3. The molecule has 0 aliphatic carbocycles. The fourth-order valence-corrected chi connectivity index (χ4v) is 4.73. The summed E-state index contributed by atoms with van der Waals surface area (Å²) < 4.78 is 10.7. The van der Waals surface area contributed by atoms with E-state index in [0.29, 0.717) is 31.8 Å². The standard InChI is InChI=1S/C26H35N3O5/c1-19(2)26(30)28(12-13-33-3)17-22-16-27(15-21-8-5-6-11-25(21)29(31)32)18-24(22)20-9-7-10-23(14-20)34-4/h5-11,14,19,22,24H,12-13,15-18H2,1-4H3/t22-,24+/m1/s1. The number of methoxy groups -OCH3 is 2. The predicted octanol–water partition coefficient (Wildman–Crippen LogP) is 3.95. The van der Waals surface area contributed by atoms with Gasteiger partial charge in [0.2, 0.25) is 5.91 Å². The van der Waals surface area contributed by atoms with Crippen molar-refractivity contribution < 1.29 is 19.2 Å². The lowest BCUT2D eigenvalue weighted by atomic mass is 9.88.